The summed E-state index contributed by atoms with van der Waals surface area (Å²) in [6.07, 6.45) is 6.97. The van der Waals surface area contributed by atoms with Gasteiger partial charge in [0.1, 0.15) is 11.0 Å². The first kappa shape index (κ1) is 12.5. The molecule has 0 amide bonds. The van der Waals surface area contributed by atoms with E-state index in [1.807, 2.05) is 11.6 Å². The number of hydrogen-bond acceptors (Lipinski definition) is 3. The molecule has 1 aromatic heterocycles. The molecule has 1 aromatic rings. The highest BCUT2D eigenvalue weighted by Gasteiger charge is 2.35. The normalized spacial score (nSPS) is 31.2. The Hall–Kier alpha value is -0.580. The number of nitrogens with one attached hydrogen (secondary N) is 1. The van der Waals surface area contributed by atoms with Crippen molar-refractivity contribution in [1.29, 1.82) is 0 Å². The van der Waals surface area contributed by atoms with Crippen molar-refractivity contribution in [2.75, 3.05) is 7.05 Å². The highest BCUT2D eigenvalue weighted by molar-refractivity contribution is 6.29. The predicted molar refractivity (Wildman–Crippen MR) is 72.7 cm³/mol. The molecule has 2 unspecified atom stereocenters. The van der Waals surface area contributed by atoms with Crippen LogP contribution in [0.3, 0.4) is 0 Å². The summed E-state index contributed by atoms with van der Waals surface area (Å²) in [6, 6.07) is 2.15. The Labute approximate surface area is 113 Å². The third kappa shape index (κ3) is 2.29. The molecule has 5 heteroatoms. The zero-order chi connectivity index (χ0) is 12.7. The average molecular weight is 269 g/mol. The summed E-state index contributed by atoms with van der Waals surface area (Å²) in [5.41, 5.74) is 0. The van der Waals surface area contributed by atoms with E-state index < -0.39 is 0 Å². The fourth-order valence-electron chi connectivity index (χ4n) is 3.31. The van der Waals surface area contributed by atoms with Crippen LogP contribution in [0.25, 0.3) is 0 Å². The van der Waals surface area contributed by atoms with Gasteiger partial charge in [-0.15, -0.1) is 0 Å². The molecule has 2 atom stereocenters. The van der Waals surface area contributed by atoms with Gasteiger partial charge >= 0.3 is 0 Å². The summed E-state index contributed by atoms with van der Waals surface area (Å²) in [4.78, 5) is 6.81. The minimum atomic E-state index is 0.680. The van der Waals surface area contributed by atoms with Gasteiger partial charge in [0.05, 0.1) is 12.7 Å². The maximum atomic E-state index is 6.03. The second kappa shape index (κ2) is 4.83. The van der Waals surface area contributed by atoms with Crippen molar-refractivity contribution >= 4 is 11.6 Å². The third-order valence-corrected chi connectivity index (χ3v) is 4.84. The Kier molecular flexibility index (Phi) is 3.34. The highest BCUT2D eigenvalue weighted by Crippen LogP contribution is 2.29. The van der Waals surface area contributed by atoms with Gasteiger partial charge in [-0.05, 0) is 32.7 Å². The molecule has 100 valence electrons. The van der Waals surface area contributed by atoms with Crippen LogP contribution < -0.4 is 5.32 Å². The first-order chi connectivity index (χ1) is 8.63. The summed E-state index contributed by atoms with van der Waals surface area (Å²) in [5, 5.41) is 4.40. The number of rotatable bonds is 3. The van der Waals surface area contributed by atoms with Crippen molar-refractivity contribution < 1.29 is 0 Å². The molecule has 2 saturated heterocycles. The molecule has 3 rings (SSSR count). The molecular formula is C13H21ClN4. The fourth-order valence-corrected chi connectivity index (χ4v) is 3.46. The molecule has 0 aromatic carbocycles. The zero-order valence-electron chi connectivity index (χ0n) is 11.1. The van der Waals surface area contributed by atoms with E-state index in [-0.39, 0.29) is 0 Å². The lowest BCUT2D eigenvalue weighted by atomic mass is 9.98. The Bertz CT molecular complexity index is 419. The van der Waals surface area contributed by atoms with Crippen molar-refractivity contribution in [2.45, 2.75) is 50.4 Å². The largest absolute Gasteiger partial charge is 0.321 e. The number of imidazole rings is 1. The van der Waals surface area contributed by atoms with Gasteiger partial charge in [0.15, 0.2) is 0 Å². The first-order valence-electron chi connectivity index (χ1n) is 6.76. The number of aromatic nitrogens is 2. The smallest absolute Gasteiger partial charge is 0.128 e. The number of piperidine rings is 1. The number of fused-ring (bicyclic) bond motifs is 2. The standard InChI is InChI=1S/C13H21ClN4/c1-17(8-13-15-7-12(14)18(13)2)11-5-9-3-4-10(6-11)16-9/h7,9-11,16H,3-6,8H2,1-2H3. The zero-order valence-corrected chi connectivity index (χ0v) is 11.8. The van der Waals surface area contributed by atoms with Crippen molar-refractivity contribution in [3.63, 3.8) is 0 Å². The quantitative estimate of drug-likeness (QED) is 0.907. The summed E-state index contributed by atoms with van der Waals surface area (Å²) >= 11 is 6.03. The van der Waals surface area contributed by atoms with Crippen LogP contribution >= 0.6 is 11.6 Å². The van der Waals surface area contributed by atoms with Gasteiger partial charge in [0.25, 0.3) is 0 Å². The van der Waals surface area contributed by atoms with E-state index >= 15 is 0 Å². The predicted octanol–water partition coefficient (Wildman–Crippen LogP) is 1.79. The van der Waals surface area contributed by atoms with Crippen LogP contribution in [0.5, 0.6) is 0 Å². The lowest BCUT2D eigenvalue weighted by Gasteiger charge is -2.35. The van der Waals surface area contributed by atoms with Gasteiger partial charge in [0, 0.05) is 25.2 Å². The lowest BCUT2D eigenvalue weighted by Crippen LogP contribution is -2.46. The number of hydrogen-bond donors (Lipinski definition) is 1. The van der Waals surface area contributed by atoms with E-state index in [2.05, 4.69) is 22.2 Å². The number of halogens is 1. The van der Waals surface area contributed by atoms with E-state index in [1.54, 1.807) is 6.20 Å². The molecular weight excluding hydrogens is 248 g/mol. The third-order valence-electron chi connectivity index (χ3n) is 4.49. The number of nitrogens with zero attached hydrogens (tertiary/aromatic N) is 3. The van der Waals surface area contributed by atoms with E-state index in [4.69, 9.17) is 11.6 Å². The van der Waals surface area contributed by atoms with Gasteiger partial charge in [-0.25, -0.2) is 4.98 Å². The fraction of sp³-hybridized carbons (Fsp3) is 0.769. The van der Waals surface area contributed by atoms with Gasteiger partial charge in [-0.2, -0.15) is 0 Å². The summed E-state index contributed by atoms with van der Waals surface area (Å²) < 4.78 is 1.97. The van der Waals surface area contributed by atoms with Gasteiger partial charge in [-0.1, -0.05) is 11.6 Å². The minimum absolute atomic E-state index is 0.680. The SMILES string of the molecule is CN(Cc1ncc(Cl)n1C)C1CC2CCC(C1)N2. The van der Waals surface area contributed by atoms with E-state index in [9.17, 15) is 0 Å². The van der Waals surface area contributed by atoms with Crippen molar-refractivity contribution in [3.05, 3.63) is 17.2 Å². The molecule has 3 heterocycles. The van der Waals surface area contributed by atoms with Crippen LogP contribution in [0, 0.1) is 0 Å². The molecule has 0 radical (unpaired) electrons. The van der Waals surface area contributed by atoms with E-state index in [0.717, 1.165) is 24.5 Å². The summed E-state index contributed by atoms with van der Waals surface area (Å²) in [5.74, 6) is 1.05. The molecule has 0 aliphatic carbocycles. The minimum Gasteiger partial charge on any atom is -0.321 e. The monoisotopic (exact) mass is 268 g/mol. The van der Waals surface area contributed by atoms with Crippen LogP contribution in [0.4, 0.5) is 0 Å². The second-order valence-corrected chi connectivity index (χ2v) is 6.12. The summed E-state index contributed by atoms with van der Waals surface area (Å²) in [7, 11) is 4.18. The Morgan fingerprint density at radius 3 is 2.67 bits per heavy atom. The first-order valence-corrected chi connectivity index (χ1v) is 7.13. The lowest BCUT2D eigenvalue weighted by molar-refractivity contribution is 0.161. The second-order valence-electron chi connectivity index (χ2n) is 5.73. The van der Waals surface area contributed by atoms with E-state index in [0.29, 0.717) is 11.2 Å². The van der Waals surface area contributed by atoms with Crippen LogP contribution in [-0.2, 0) is 13.6 Å². The average Bonchev–Trinajstić information content (AvgIpc) is 2.85. The van der Waals surface area contributed by atoms with Gasteiger partial charge in [-0.3, -0.25) is 4.90 Å². The Balaban J connectivity index is 1.64. The molecule has 2 fully saturated rings. The molecule has 2 bridgehead atoms. The van der Waals surface area contributed by atoms with Crippen LogP contribution in [0.2, 0.25) is 5.15 Å². The highest BCUT2D eigenvalue weighted by atomic mass is 35.5. The van der Waals surface area contributed by atoms with Crippen molar-refractivity contribution in [1.82, 2.24) is 19.8 Å². The van der Waals surface area contributed by atoms with Crippen molar-refractivity contribution in [2.24, 2.45) is 7.05 Å². The topological polar surface area (TPSA) is 33.1 Å². The molecule has 18 heavy (non-hydrogen) atoms. The molecule has 0 saturated carbocycles. The van der Waals surface area contributed by atoms with E-state index in [1.165, 1.54) is 25.7 Å². The van der Waals surface area contributed by atoms with Gasteiger partial charge in [0.2, 0.25) is 0 Å². The molecule has 2 aliphatic rings. The molecule has 0 spiro atoms. The van der Waals surface area contributed by atoms with Gasteiger partial charge < -0.3 is 9.88 Å². The van der Waals surface area contributed by atoms with Crippen LogP contribution in [0.15, 0.2) is 6.20 Å². The Morgan fingerprint density at radius 1 is 1.44 bits per heavy atom. The van der Waals surface area contributed by atoms with Crippen LogP contribution in [-0.4, -0.2) is 39.6 Å². The maximum Gasteiger partial charge on any atom is 0.128 e. The van der Waals surface area contributed by atoms with Crippen LogP contribution in [0.1, 0.15) is 31.5 Å². The molecule has 1 N–H and O–H groups in total. The summed E-state index contributed by atoms with van der Waals surface area (Å²) in [6.45, 7) is 0.882. The Morgan fingerprint density at radius 2 is 2.11 bits per heavy atom. The maximum absolute atomic E-state index is 6.03. The van der Waals surface area contributed by atoms with Crippen molar-refractivity contribution in [3.8, 4) is 0 Å². The molecule has 2 aliphatic heterocycles. The molecule has 4 nitrogen and oxygen atoms in total.